The minimum Gasteiger partial charge on any atom is -0.277 e. The first-order valence-corrected chi connectivity index (χ1v) is 7.58. The second kappa shape index (κ2) is 6.81. The van der Waals surface area contributed by atoms with Gasteiger partial charge in [-0.2, -0.15) is 13.2 Å². The number of hydrogen-bond donors (Lipinski definition) is 0. The first-order chi connectivity index (χ1) is 12.0. The molecule has 0 aliphatic heterocycles. The number of halogens is 3. The fraction of sp³-hybridized carbons (Fsp3) is 0.0500. The lowest BCUT2D eigenvalue weighted by Crippen LogP contribution is -2.26. The van der Waals surface area contributed by atoms with Gasteiger partial charge in [0.2, 0.25) is 0 Å². The highest BCUT2D eigenvalue weighted by Gasteiger charge is 2.30. The molecular formula is C20H14F3NO. The molecule has 0 atom stereocenters. The van der Waals surface area contributed by atoms with E-state index in [9.17, 15) is 18.0 Å². The Labute approximate surface area is 143 Å². The van der Waals surface area contributed by atoms with Crippen LogP contribution in [-0.2, 0) is 6.18 Å². The number of nitrogens with zero attached hydrogens (tertiary/aromatic N) is 1. The molecule has 0 aromatic heterocycles. The molecule has 0 fully saturated rings. The second-order valence-corrected chi connectivity index (χ2v) is 5.39. The zero-order chi connectivity index (χ0) is 17.9. The maximum Gasteiger partial charge on any atom is 0.416 e. The van der Waals surface area contributed by atoms with Gasteiger partial charge < -0.3 is 0 Å². The monoisotopic (exact) mass is 341 g/mol. The summed E-state index contributed by atoms with van der Waals surface area (Å²) in [6, 6.07) is 22.2. The molecule has 5 heteroatoms. The second-order valence-electron chi connectivity index (χ2n) is 5.39. The summed E-state index contributed by atoms with van der Waals surface area (Å²) in [6.07, 6.45) is -4.43. The Morgan fingerprint density at radius 3 is 1.52 bits per heavy atom. The average Bonchev–Trinajstić information content (AvgIpc) is 2.63. The molecule has 0 radical (unpaired) electrons. The van der Waals surface area contributed by atoms with Gasteiger partial charge in [-0.25, -0.2) is 0 Å². The van der Waals surface area contributed by atoms with Crippen molar-refractivity contribution in [2.45, 2.75) is 6.18 Å². The zero-order valence-electron chi connectivity index (χ0n) is 13.1. The summed E-state index contributed by atoms with van der Waals surface area (Å²) in [7, 11) is 0. The Bertz CT molecular complexity index is 804. The average molecular weight is 341 g/mol. The molecule has 1 amide bonds. The molecule has 0 aliphatic rings. The summed E-state index contributed by atoms with van der Waals surface area (Å²) >= 11 is 0. The summed E-state index contributed by atoms with van der Waals surface area (Å²) in [4.78, 5) is 14.4. The van der Waals surface area contributed by atoms with E-state index in [1.807, 2.05) is 12.1 Å². The van der Waals surface area contributed by atoms with Gasteiger partial charge in [0.1, 0.15) is 0 Å². The first kappa shape index (κ1) is 16.8. The van der Waals surface area contributed by atoms with E-state index >= 15 is 0 Å². The summed E-state index contributed by atoms with van der Waals surface area (Å²) in [5.41, 5.74) is 0.674. The van der Waals surface area contributed by atoms with Gasteiger partial charge in [-0.1, -0.05) is 36.4 Å². The molecule has 0 heterocycles. The summed E-state index contributed by atoms with van der Waals surface area (Å²) < 4.78 is 38.1. The van der Waals surface area contributed by atoms with E-state index < -0.39 is 17.6 Å². The van der Waals surface area contributed by atoms with Gasteiger partial charge in [0.25, 0.3) is 5.91 Å². The van der Waals surface area contributed by atoms with E-state index in [2.05, 4.69) is 0 Å². The van der Waals surface area contributed by atoms with Crippen LogP contribution in [0.5, 0.6) is 0 Å². The van der Waals surface area contributed by atoms with E-state index in [-0.39, 0.29) is 5.56 Å². The van der Waals surface area contributed by atoms with Crippen LogP contribution in [0.15, 0.2) is 84.9 Å². The maximum absolute atomic E-state index is 13.0. The quantitative estimate of drug-likeness (QED) is 0.600. The van der Waals surface area contributed by atoms with Crippen molar-refractivity contribution in [2.75, 3.05) is 4.90 Å². The van der Waals surface area contributed by atoms with Crippen LogP contribution < -0.4 is 4.90 Å². The predicted octanol–water partition coefficient (Wildman–Crippen LogP) is 5.68. The molecule has 0 bridgehead atoms. The highest BCUT2D eigenvalue weighted by molar-refractivity contribution is 6.10. The van der Waals surface area contributed by atoms with E-state index in [0.717, 1.165) is 12.1 Å². The molecule has 0 unspecified atom stereocenters. The van der Waals surface area contributed by atoms with Crippen molar-refractivity contribution in [1.82, 2.24) is 0 Å². The van der Waals surface area contributed by atoms with Crippen LogP contribution in [0.1, 0.15) is 15.9 Å². The number of rotatable bonds is 3. The molecule has 3 aromatic rings. The number of carbonyl (C=O) groups excluding carboxylic acids is 1. The van der Waals surface area contributed by atoms with Gasteiger partial charge in [0.05, 0.1) is 5.56 Å². The number of hydrogen-bond acceptors (Lipinski definition) is 1. The van der Waals surface area contributed by atoms with Crippen molar-refractivity contribution in [2.24, 2.45) is 0 Å². The fourth-order valence-corrected chi connectivity index (χ4v) is 2.47. The van der Waals surface area contributed by atoms with Crippen molar-refractivity contribution < 1.29 is 18.0 Å². The van der Waals surface area contributed by atoms with Crippen LogP contribution >= 0.6 is 0 Å². The molecule has 0 N–H and O–H groups in total. The Morgan fingerprint density at radius 1 is 0.680 bits per heavy atom. The van der Waals surface area contributed by atoms with Gasteiger partial charge in [0, 0.05) is 16.9 Å². The van der Waals surface area contributed by atoms with Crippen LogP contribution in [0.2, 0.25) is 0 Å². The van der Waals surface area contributed by atoms with Crippen LogP contribution in [0, 0.1) is 0 Å². The third-order valence-corrected chi connectivity index (χ3v) is 3.69. The van der Waals surface area contributed by atoms with Crippen LogP contribution in [0.4, 0.5) is 24.5 Å². The Morgan fingerprint density at radius 2 is 1.12 bits per heavy atom. The SMILES string of the molecule is O=C(c1ccc(C(F)(F)F)cc1)N(c1ccccc1)c1ccccc1. The first-order valence-electron chi connectivity index (χ1n) is 7.58. The van der Waals surface area contributed by atoms with Gasteiger partial charge >= 0.3 is 6.18 Å². The molecule has 126 valence electrons. The number of para-hydroxylation sites is 2. The van der Waals surface area contributed by atoms with E-state index in [1.54, 1.807) is 48.5 Å². The topological polar surface area (TPSA) is 20.3 Å². The maximum atomic E-state index is 13.0. The van der Waals surface area contributed by atoms with Gasteiger partial charge in [-0.05, 0) is 48.5 Å². The number of benzene rings is 3. The molecule has 0 saturated heterocycles. The molecule has 3 aromatic carbocycles. The molecule has 25 heavy (non-hydrogen) atoms. The zero-order valence-corrected chi connectivity index (χ0v) is 13.1. The normalized spacial score (nSPS) is 11.2. The summed E-state index contributed by atoms with van der Waals surface area (Å²) in [6.45, 7) is 0. The highest BCUT2D eigenvalue weighted by atomic mass is 19.4. The Hall–Kier alpha value is -3.08. The number of alkyl halides is 3. The van der Waals surface area contributed by atoms with E-state index in [0.29, 0.717) is 11.4 Å². The summed E-state index contributed by atoms with van der Waals surface area (Å²) in [5, 5.41) is 0. The van der Waals surface area contributed by atoms with Gasteiger partial charge in [-0.15, -0.1) is 0 Å². The minimum atomic E-state index is -4.43. The standard InChI is InChI=1S/C20H14F3NO/c21-20(22,23)16-13-11-15(12-14-16)19(25)24(17-7-3-1-4-8-17)18-9-5-2-6-10-18/h1-14H. The Balaban J connectivity index is 2.00. The molecular weight excluding hydrogens is 327 g/mol. The predicted molar refractivity (Wildman–Crippen MR) is 90.8 cm³/mol. The van der Waals surface area contributed by atoms with Crippen LogP contribution in [-0.4, -0.2) is 5.91 Å². The third kappa shape index (κ3) is 3.71. The summed E-state index contributed by atoms with van der Waals surface area (Å²) in [5.74, 6) is -0.397. The van der Waals surface area contributed by atoms with Gasteiger partial charge in [0.15, 0.2) is 0 Å². The Kier molecular flexibility index (Phi) is 4.57. The number of carbonyl (C=O) groups is 1. The van der Waals surface area contributed by atoms with Crippen LogP contribution in [0.25, 0.3) is 0 Å². The largest absolute Gasteiger partial charge is 0.416 e. The number of amides is 1. The smallest absolute Gasteiger partial charge is 0.277 e. The lowest BCUT2D eigenvalue weighted by atomic mass is 10.1. The molecule has 2 nitrogen and oxygen atoms in total. The van der Waals surface area contributed by atoms with Crippen molar-refractivity contribution in [1.29, 1.82) is 0 Å². The molecule has 3 rings (SSSR count). The number of anilines is 2. The molecule has 0 saturated carbocycles. The van der Waals surface area contributed by atoms with Crippen molar-refractivity contribution in [3.8, 4) is 0 Å². The van der Waals surface area contributed by atoms with Crippen molar-refractivity contribution in [3.63, 3.8) is 0 Å². The molecule has 0 spiro atoms. The van der Waals surface area contributed by atoms with E-state index in [4.69, 9.17) is 0 Å². The molecule has 0 aliphatic carbocycles. The fourth-order valence-electron chi connectivity index (χ4n) is 2.47. The lowest BCUT2D eigenvalue weighted by molar-refractivity contribution is -0.137. The van der Waals surface area contributed by atoms with Crippen molar-refractivity contribution >= 4 is 17.3 Å². The minimum absolute atomic E-state index is 0.181. The van der Waals surface area contributed by atoms with E-state index in [1.165, 1.54) is 17.0 Å². The highest BCUT2D eigenvalue weighted by Crippen LogP contribution is 2.31. The lowest BCUT2D eigenvalue weighted by Gasteiger charge is -2.23. The van der Waals surface area contributed by atoms with Crippen LogP contribution in [0.3, 0.4) is 0 Å². The van der Waals surface area contributed by atoms with Gasteiger partial charge in [-0.3, -0.25) is 9.69 Å². The third-order valence-electron chi connectivity index (χ3n) is 3.69. The van der Waals surface area contributed by atoms with Crippen molar-refractivity contribution in [3.05, 3.63) is 96.1 Å².